The van der Waals surface area contributed by atoms with Crippen LogP contribution in [0.4, 0.5) is 5.69 Å². The van der Waals surface area contributed by atoms with Crippen LogP contribution in [0.3, 0.4) is 0 Å². The van der Waals surface area contributed by atoms with Gasteiger partial charge in [0.15, 0.2) is 6.29 Å². The van der Waals surface area contributed by atoms with Gasteiger partial charge >= 0.3 is 0 Å². The van der Waals surface area contributed by atoms with Crippen LogP contribution >= 0.6 is 11.6 Å². The van der Waals surface area contributed by atoms with Crippen molar-refractivity contribution < 1.29 is 4.79 Å². The van der Waals surface area contributed by atoms with E-state index >= 15 is 0 Å². The van der Waals surface area contributed by atoms with E-state index in [1.807, 2.05) is 12.1 Å². The summed E-state index contributed by atoms with van der Waals surface area (Å²) >= 11 is 6.02. The molecule has 0 radical (unpaired) electrons. The molecular weight excluding hydrogens is 222 g/mol. The lowest BCUT2D eigenvalue weighted by molar-refractivity contribution is 0.112. The van der Waals surface area contributed by atoms with Gasteiger partial charge in [0.25, 0.3) is 0 Å². The molecule has 0 amide bonds. The summed E-state index contributed by atoms with van der Waals surface area (Å²) in [6, 6.07) is 5.61. The van der Waals surface area contributed by atoms with Crippen molar-refractivity contribution in [3.8, 4) is 0 Å². The number of rotatable bonds is 6. The highest BCUT2D eigenvalue weighted by Gasteiger charge is 2.11. The minimum absolute atomic E-state index is 0.532. The van der Waals surface area contributed by atoms with Gasteiger partial charge in [-0.25, -0.2) is 0 Å². The minimum atomic E-state index is 0.532. The summed E-state index contributed by atoms with van der Waals surface area (Å²) in [7, 11) is 0. The van der Waals surface area contributed by atoms with Gasteiger partial charge < -0.3 is 4.90 Å². The van der Waals surface area contributed by atoms with E-state index in [4.69, 9.17) is 11.6 Å². The smallest absolute Gasteiger partial charge is 0.153 e. The molecule has 0 aromatic heterocycles. The number of anilines is 1. The molecule has 0 fully saturated rings. The molecule has 0 aliphatic carbocycles. The van der Waals surface area contributed by atoms with Crippen molar-refractivity contribution in [1.29, 1.82) is 0 Å². The van der Waals surface area contributed by atoms with Crippen LogP contribution in [0.2, 0.25) is 5.02 Å². The molecule has 1 aromatic rings. The number of carbonyl (C=O) groups excluding carboxylic acids is 1. The lowest BCUT2D eigenvalue weighted by Gasteiger charge is -2.25. The largest absolute Gasteiger partial charge is 0.371 e. The molecule has 1 aromatic carbocycles. The molecule has 0 spiro atoms. The Morgan fingerprint density at radius 3 is 2.38 bits per heavy atom. The Bertz CT molecular complexity index is 346. The average Bonchev–Trinajstić information content (AvgIpc) is 2.28. The van der Waals surface area contributed by atoms with E-state index < -0.39 is 0 Å². The van der Waals surface area contributed by atoms with Crippen molar-refractivity contribution >= 4 is 23.6 Å². The highest BCUT2D eigenvalue weighted by molar-refractivity contribution is 6.33. The quantitative estimate of drug-likeness (QED) is 0.705. The Labute approximate surface area is 102 Å². The summed E-state index contributed by atoms with van der Waals surface area (Å²) < 4.78 is 0. The fourth-order valence-electron chi connectivity index (χ4n) is 1.81. The molecule has 2 nitrogen and oxygen atoms in total. The lowest BCUT2D eigenvalue weighted by atomic mass is 10.1. The Kier molecular flexibility index (Phi) is 5.33. The van der Waals surface area contributed by atoms with E-state index in [1.54, 1.807) is 6.07 Å². The normalized spacial score (nSPS) is 10.2. The van der Waals surface area contributed by atoms with Crippen LogP contribution in [0.25, 0.3) is 0 Å². The van der Waals surface area contributed by atoms with Crippen LogP contribution in [0.1, 0.15) is 37.0 Å². The van der Waals surface area contributed by atoms with Crippen molar-refractivity contribution in [2.75, 3.05) is 18.0 Å². The molecule has 0 saturated carbocycles. The molecular formula is C13H18ClNO. The van der Waals surface area contributed by atoms with Crippen LogP contribution in [0, 0.1) is 0 Å². The molecule has 3 heteroatoms. The van der Waals surface area contributed by atoms with Crippen LogP contribution in [-0.4, -0.2) is 19.4 Å². The topological polar surface area (TPSA) is 20.3 Å². The predicted molar refractivity (Wildman–Crippen MR) is 69.6 cm³/mol. The van der Waals surface area contributed by atoms with Gasteiger partial charge in [-0.15, -0.1) is 0 Å². The molecule has 16 heavy (non-hydrogen) atoms. The number of aldehydes is 1. The Hall–Kier alpha value is -1.02. The highest BCUT2D eigenvalue weighted by Crippen LogP contribution is 2.26. The molecule has 0 N–H and O–H groups in total. The maximum absolute atomic E-state index is 11.0. The monoisotopic (exact) mass is 239 g/mol. The molecule has 1 rings (SSSR count). The summed E-state index contributed by atoms with van der Waals surface area (Å²) in [6.07, 6.45) is 2.96. The van der Waals surface area contributed by atoms with Crippen molar-refractivity contribution in [1.82, 2.24) is 0 Å². The van der Waals surface area contributed by atoms with Crippen LogP contribution < -0.4 is 4.90 Å². The first-order valence-electron chi connectivity index (χ1n) is 5.73. The van der Waals surface area contributed by atoms with E-state index in [0.29, 0.717) is 10.6 Å². The molecule has 88 valence electrons. The zero-order chi connectivity index (χ0) is 12.0. The zero-order valence-corrected chi connectivity index (χ0v) is 10.6. The van der Waals surface area contributed by atoms with E-state index in [0.717, 1.165) is 37.9 Å². The van der Waals surface area contributed by atoms with Gasteiger partial charge in [-0.1, -0.05) is 31.5 Å². The molecule has 0 saturated heterocycles. The van der Waals surface area contributed by atoms with Crippen LogP contribution in [0.15, 0.2) is 18.2 Å². The second kappa shape index (κ2) is 6.54. The number of hydrogen-bond donors (Lipinski definition) is 0. The summed E-state index contributed by atoms with van der Waals surface area (Å²) in [4.78, 5) is 13.3. The summed E-state index contributed by atoms with van der Waals surface area (Å²) in [5.41, 5.74) is 1.55. The maximum Gasteiger partial charge on any atom is 0.153 e. The van der Waals surface area contributed by atoms with Crippen molar-refractivity contribution in [2.24, 2.45) is 0 Å². The van der Waals surface area contributed by atoms with Crippen molar-refractivity contribution in [2.45, 2.75) is 26.7 Å². The number of halogens is 1. The first-order valence-corrected chi connectivity index (χ1v) is 6.11. The van der Waals surface area contributed by atoms with Gasteiger partial charge in [-0.2, -0.15) is 0 Å². The Balaban J connectivity index is 3.07. The number of benzene rings is 1. The first-order chi connectivity index (χ1) is 7.74. The maximum atomic E-state index is 11.0. The first kappa shape index (κ1) is 13.0. The summed E-state index contributed by atoms with van der Waals surface area (Å²) in [5.74, 6) is 0. The Morgan fingerprint density at radius 1 is 1.25 bits per heavy atom. The standard InChI is InChI=1S/C13H18ClNO/c1-3-8-15(9-4-2)13-7-5-6-12(14)11(13)10-16/h5-7,10H,3-4,8-9H2,1-2H3. The van der Waals surface area contributed by atoms with Gasteiger partial charge in [0.2, 0.25) is 0 Å². The number of nitrogens with zero attached hydrogens (tertiary/aromatic N) is 1. The molecule has 0 bridgehead atoms. The fraction of sp³-hybridized carbons (Fsp3) is 0.462. The number of hydrogen-bond acceptors (Lipinski definition) is 2. The highest BCUT2D eigenvalue weighted by atomic mass is 35.5. The van der Waals surface area contributed by atoms with Crippen LogP contribution in [0.5, 0.6) is 0 Å². The summed E-state index contributed by atoms with van der Waals surface area (Å²) in [6.45, 7) is 6.17. The predicted octanol–water partition coefficient (Wildman–Crippen LogP) is 3.78. The third-order valence-corrected chi connectivity index (χ3v) is 2.81. The zero-order valence-electron chi connectivity index (χ0n) is 9.87. The second-order valence-corrected chi connectivity index (χ2v) is 4.18. The Morgan fingerprint density at radius 2 is 1.88 bits per heavy atom. The van der Waals surface area contributed by atoms with Crippen LogP contribution in [-0.2, 0) is 0 Å². The molecule has 0 unspecified atom stereocenters. The minimum Gasteiger partial charge on any atom is -0.371 e. The molecule has 0 aliphatic heterocycles. The van der Waals surface area contributed by atoms with Gasteiger partial charge in [-0.3, -0.25) is 4.79 Å². The second-order valence-electron chi connectivity index (χ2n) is 3.78. The molecule has 0 heterocycles. The van der Waals surface area contributed by atoms with E-state index in [2.05, 4.69) is 18.7 Å². The molecule has 0 atom stereocenters. The van der Waals surface area contributed by atoms with Gasteiger partial charge in [-0.05, 0) is 25.0 Å². The fourth-order valence-corrected chi connectivity index (χ4v) is 2.02. The van der Waals surface area contributed by atoms with Crippen molar-refractivity contribution in [3.63, 3.8) is 0 Å². The third kappa shape index (κ3) is 2.99. The van der Waals surface area contributed by atoms with E-state index in [-0.39, 0.29) is 0 Å². The average molecular weight is 240 g/mol. The van der Waals surface area contributed by atoms with Gasteiger partial charge in [0, 0.05) is 18.8 Å². The van der Waals surface area contributed by atoms with Gasteiger partial charge in [0.1, 0.15) is 0 Å². The lowest BCUT2D eigenvalue weighted by Crippen LogP contribution is -2.26. The third-order valence-electron chi connectivity index (χ3n) is 2.48. The molecule has 0 aliphatic rings. The van der Waals surface area contributed by atoms with E-state index in [9.17, 15) is 4.79 Å². The van der Waals surface area contributed by atoms with Gasteiger partial charge in [0.05, 0.1) is 10.6 Å². The van der Waals surface area contributed by atoms with E-state index in [1.165, 1.54) is 0 Å². The SMILES string of the molecule is CCCN(CCC)c1cccc(Cl)c1C=O. The summed E-state index contributed by atoms with van der Waals surface area (Å²) in [5, 5.41) is 0.532. The number of carbonyl (C=O) groups is 1. The van der Waals surface area contributed by atoms with Crippen molar-refractivity contribution in [3.05, 3.63) is 28.8 Å².